The van der Waals surface area contributed by atoms with Gasteiger partial charge in [0.25, 0.3) is 11.7 Å². The minimum atomic E-state index is -0.766. The predicted octanol–water partition coefficient (Wildman–Crippen LogP) is 1.80. The van der Waals surface area contributed by atoms with Crippen molar-refractivity contribution < 1.29 is 24.2 Å². The van der Waals surface area contributed by atoms with Crippen molar-refractivity contribution in [1.82, 2.24) is 19.8 Å². The highest BCUT2D eigenvalue weighted by Gasteiger charge is 2.46. The van der Waals surface area contributed by atoms with Crippen LogP contribution in [0.4, 0.5) is 0 Å². The number of nitrogens with one attached hydrogen (secondary N) is 1. The zero-order valence-electron chi connectivity index (χ0n) is 18.2. The van der Waals surface area contributed by atoms with Gasteiger partial charge in [-0.3, -0.25) is 14.6 Å². The number of aromatic nitrogens is 2. The molecule has 2 aromatic heterocycles. The maximum Gasteiger partial charge on any atom is 0.354 e. The van der Waals surface area contributed by atoms with E-state index in [-0.39, 0.29) is 17.0 Å². The summed E-state index contributed by atoms with van der Waals surface area (Å²) in [6.07, 6.45) is 3.15. The van der Waals surface area contributed by atoms with Crippen molar-refractivity contribution in [2.24, 2.45) is 0 Å². The second-order valence-corrected chi connectivity index (χ2v) is 7.69. The number of carbonyl (C=O) groups excluding carboxylic acids is 3. The molecule has 2 N–H and O–H groups in total. The summed E-state index contributed by atoms with van der Waals surface area (Å²) in [6.45, 7) is 4.18. The largest absolute Gasteiger partial charge is 0.507 e. The minimum absolute atomic E-state index is 0.0171. The Balaban J connectivity index is 2.20. The molecule has 3 heterocycles. The van der Waals surface area contributed by atoms with Crippen molar-refractivity contribution >= 4 is 23.4 Å². The van der Waals surface area contributed by atoms with E-state index in [1.54, 1.807) is 38.4 Å². The molecule has 0 aliphatic carbocycles. The molecule has 31 heavy (non-hydrogen) atoms. The summed E-state index contributed by atoms with van der Waals surface area (Å²) >= 11 is 0. The number of ketones is 1. The molecule has 164 valence electrons. The number of ether oxygens (including phenoxy) is 1. The molecule has 1 atom stereocenters. The zero-order valence-corrected chi connectivity index (χ0v) is 18.2. The van der Waals surface area contributed by atoms with Crippen LogP contribution in [-0.2, 0) is 14.3 Å². The fraction of sp³-hybridized carbons (Fsp3) is 0.364. The molecule has 0 radical (unpaired) electrons. The zero-order chi connectivity index (χ0) is 22.9. The Morgan fingerprint density at radius 3 is 2.48 bits per heavy atom. The summed E-state index contributed by atoms with van der Waals surface area (Å²) in [5.74, 6) is -2.35. The highest BCUT2D eigenvalue weighted by atomic mass is 16.5. The average Bonchev–Trinajstić information content (AvgIpc) is 3.18. The third-order valence-electron chi connectivity index (χ3n) is 5.41. The van der Waals surface area contributed by atoms with Gasteiger partial charge in [-0.15, -0.1) is 0 Å². The van der Waals surface area contributed by atoms with Gasteiger partial charge in [0.2, 0.25) is 0 Å². The fourth-order valence-electron chi connectivity index (χ4n) is 3.86. The Bertz CT molecular complexity index is 1060. The molecule has 1 aliphatic rings. The van der Waals surface area contributed by atoms with E-state index in [9.17, 15) is 19.5 Å². The first kappa shape index (κ1) is 22.2. The molecule has 3 rings (SSSR count). The summed E-state index contributed by atoms with van der Waals surface area (Å²) in [7, 11) is 5.01. The van der Waals surface area contributed by atoms with Gasteiger partial charge < -0.3 is 24.6 Å². The molecule has 1 aliphatic heterocycles. The smallest absolute Gasteiger partial charge is 0.354 e. The number of aliphatic hydroxyl groups is 1. The standard InChI is InChI=1S/C22H26N4O5/c1-12-15(13(2)24-17(12)22(30)31-5)19(27)16-18(14-6-8-23-9-7-14)26(11-10-25(3)4)21(29)20(16)28/h6-9,18,24,27H,10-11H2,1-5H3/t18-/m0/s1. The Morgan fingerprint density at radius 1 is 1.26 bits per heavy atom. The van der Waals surface area contributed by atoms with Crippen molar-refractivity contribution in [2.45, 2.75) is 19.9 Å². The molecule has 9 heteroatoms. The van der Waals surface area contributed by atoms with Crippen LogP contribution in [0.1, 0.15) is 38.9 Å². The molecule has 0 bridgehead atoms. The molecule has 0 unspecified atom stereocenters. The molecular weight excluding hydrogens is 400 g/mol. The van der Waals surface area contributed by atoms with E-state index in [1.807, 2.05) is 19.0 Å². The number of likely N-dealkylation sites (tertiary alicyclic amines) is 1. The molecule has 0 aromatic carbocycles. The first-order chi connectivity index (χ1) is 14.7. The number of nitrogens with zero attached hydrogens (tertiary/aromatic N) is 3. The predicted molar refractivity (Wildman–Crippen MR) is 113 cm³/mol. The number of aliphatic hydroxyl groups excluding tert-OH is 1. The minimum Gasteiger partial charge on any atom is -0.507 e. The van der Waals surface area contributed by atoms with Gasteiger partial charge in [0.15, 0.2) is 0 Å². The van der Waals surface area contributed by atoms with Crippen molar-refractivity contribution in [3.63, 3.8) is 0 Å². The topological polar surface area (TPSA) is 116 Å². The highest BCUT2D eigenvalue weighted by Crippen LogP contribution is 2.40. The summed E-state index contributed by atoms with van der Waals surface area (Å²) in [6, 6.07) is 2.66. The average molecular weight is 426 g/mol. The normalized spacial score (nSPS) is 18.1. The van der Waals surface area contributed by atoms with Crippen LogP contribution in [0.2, 0.25) is 0 Å². The van der Waals surface area contributed by atoms with E-state index in [1.165, 1.54) is 12.0 Å². The second-order valence-electron chi connectivity index (χ2n) is 7.69. The molecule has 0 saturated carbocycles. The number of amides is 1. The van der Waals surface area contributed by atoms with Gasteiger partial charge in [-0.25, -0.2) is 4.79 Å². The Hall–Kier alpha value is -3.46. The summed E-state index contributed by atoms with van der Waals surface area (Å²) in [5.41, 5.74) is 2.07. The molecule has 1 saturated heterocycles. The lowest BCUT2D eigenvalue weighted by Gasteiger charge is -2.26. The van der Waals surface area contributed by atoms with Crippen LogP contribution in [0.3, 0.4) is 0 Å². The number of Topliss-reactive ketones (excluding diaryl/α,β-unsaturated/α-hetero) is 1. The Labute approximate surface area is 180 Å². The van der Waals surface area contributed by atoms with Gasteiger partial charge in [0, 0.05) is 36.7 Å². The monoisotopic (exact) mass is 426 g/mol. The number of methoxy groups -OCH3 is 1. The summed E-state index contributed by atoms with van der Waals surface area (Å²) < 4.78 is 4.78. The SMILES string of the molecule is COC(=O)c1[nH]c(C)c(C(O)=C2C(=O)C(=O)N(CCN(C)C)[C@H]2c2ccncc2)c1C. The van der Waals surface area contributed by atoms with Gasteiger partial charge >= 0.3 is 5.97 Å². The molecule has 1 fully saturated rings. The van der Waals surface area contributed by atoms with Crippen LogP contribution >= 0.6 is 0 Å². The number of H-pyrrole nitrogens is 1. The van der Waals surface area contributed by atoms with Gasteiger partial charge in [-0.05, 0) is 51.2 Å². The van der Waals surface area contributed by atoms with Crippen molar-refractivity contribution in [3.05, 3.63) is 58.2 Å². The number of aryl methyl sites for hydroxylation is 1. The number of aromatic amines is 1. The number of carbonyl (C=O) groups is 3. The number of hydrogen-bond acceptors (Lipinski definition) is 7. The van der Waals surface area contributed by atoms with E-state index in [0.29, 0.717) is 35.5 Å². The third kappa shape index (κ3) is 3.96. The third-order valence-corrected chi connectivity index (χ3v) is 5.41. The van der Waals surface area contributed by atoms with E-state index >= 15 is 0 Å². The number of hydrogen-bond donors (Lipinski definition) is 2. The van der Waals surface area contributed by atoms with Gasteiger partial charge in [0.05, 0.1) is 18.7 Å². The van der Waals surface area contributed by atoms with Crippen LogP contribution in [-0.4, -0.2) is 76.8 Å². The second kappa shape index (κ2) is 8.73. The quantitative estimate of drug-likeness (QED) is 0.313. The Kier molecular flexibility index (Phi) is 6.26. The summed E-state index contributed by atoms with van der Waals surface area (Å²) in [4.78, 5) is 48.3. The molecule has 9 nitrogen and oxygen atoms in total. The lowest BCUT2D eigenvalue weighted by Crippen LogP contribution is -2.35. The molecule has 0 spiro atoms. The maximum atomic E-state index is 13.0. The number of esters is 1. The van der Waals surface area contributed by atoms with Crippen LogP contribution in [0.15, 0.2) is 30.1 Å². The van der Waals surface area contributed by atoms with Crippen LogP contribution < -0.4 is 0 Å². The lowest BCUT2D eigenvalue weighted by atomic mass is 9.94. The number of pyridine rings is 1. The van der Waals surface area contributed by atoms with Crippen molar-refractivity contribution in [3.8, 4) is 0 Å². The lowest BCUT2D eigenvalue weighted by molar-refractivity contribution is -0.140. The molecule has 1 amide bonds. The van der Waals surface area contributed by atoms with Crippen molar-refractivity contribution in [2.75, 3.05) is 34.3 Å². The highest BCUT2D eigenvalue weighted by molar-refractivity contribution is 6.46. The van der Waals surface area contributed by atoms with E-state index < -0.39 is 23.7 Å². The molecule has 2 aromatic rings. The van der Waals surface area contributed by atoms with Crippen molar-refractivity contribution in [1.29, 1.82) is 0 Å². The van der Waals surface area contributed by atoms with Gasteiger partial charge in [-0.1, -0.05) is 0 Å². The number of likely N-dealkylation sites (N-methyl/N-ethyl adjacent to an activating group) is 1. The maximum absolute atomic E-state index is 13.0. The Morgan fingerprint density at radius 2 is 1.90 bits per heavy atom. The number of rotatable bonds is 6. The first-order valence-corrected chi connectivity index (χ1v) is 9.79. The van der Waals surface area contributed by atoms with Crippen LogP contribution in [0, 0.1) is 13.8 Å². The van der Waals surface area contributed by atoms with Gasteiger partial charge in [-0.2, -0.15) is 0 Å². The first-order valence-electron chi connectivity index (χ1n) is 9.79. The van der Waals surface area contributed by atoms with E-state index in [2.05, 4.69) is 9.97 Å². The molecular formula is C22H26N4O5. The fourth-order valence-corrected chi connectivity index (χ4v) is 3.86. The van der Waals surface area contributed by atoms with Crippen LogP contribution in [0.25, 0.3) is 5.76 Å². The van der Waals surface area contributed by atoms with E-state index in [4.69, 9.17) is 4.74 Å². The van der Waals surface area contributed by atoms with Crippen LogP contribution in [0.5, 0.6) is 0 Å². The van der Waals surface area contributed by atoms with Gasteiger partial charge in [0.1, 0.15) is 11.5 Å². The summed E-state index contributed by atoms with van der Waals surface area (Å²) in [5, 5.41) is 11.2. The van der Waals surface area contributed by atoms with E-state index in [0.717, 1.165) is 0 Å².